The molecule has 2 heterocycles. The molecule has 1 aromatic heterocycles. The lowest BCUT2D eigenvalue weighted by molar-refractivity contribution is -0.120. The van der Waals surface area contributed by atoms with Crippen molar-refractivity contribution in [3.8, 4) is 5.75 Å². The standard InChI is InChI=1S/C22H23N3O4S/c1-29-19-10-9-16-12-18(14-23-21(16)13-19)24-22(26)17-6-5-11-25(15-17)30(27,28)20-7-3-2-4-8-20/h2-4,7-10,12-14,17H,5-6,11,15H2,1H3,(H,24,26). The van der Waals surface area contributed by atoms with Gasteiger partial charge < -0.3 is 10.1 Å². The fraction of sp³-hybridized carbons (Fsp3) is 0.273. The number of hydrogen-bond acceptors (Lipinski definition) is 5. The molecule has 30 heavy (non-hydrogen) atoms. The van der Waals surface area contributed by atoms with Crippen LogP contribution in [0.2, 0.25) is 0 Å². The molecule has 7 nitrogen and oxygen atoms in total. The number of methoxy groups -OCH3 is 1. The molecular formula is C22H23N3O4S. The summed E-state index contributed by atoms with van der Waals surface area (Å²) in [6, 6.07) is 15.7. The summed E-state index contributed by atoms with van der Waals surface area (Å²) in [4.78, 5) is 17.5. The number of aromatic nitrogens is 1. The molecule has 8 heteroatoms. The van der Waals surface area contributed by atoms with Crippen molar-refractivity contribution in [1.29, 1.82) is 0 Å². The van der Waals surface area contributed by atoms with Crippen molar-refractivity contribution < 1.29 is 17.9 Å². The van der Waals surface area contributed by atoms with Crippen LogP contribution in [0.1, 0.15) is 12.8 Å². The lowest BCUT2D eigenvalue weighted by atomic mass is 9.99. The summed E-state index contributed by atoms with van der Waals surface area (Å²) in [5.74, 6) is 0.107. The molecule has 1 atom stereocenters. The zero-order valence-corrected chi connectivity index (χ0v) is 17.4. The Balaban J connectivity index is 1.47. The Bertz CT molecular complexity index is 1170. The fourth-order valence-electron chi connectivity index (χ4n) is 3.66. The molecule has 1 fully saturated rings. The Morgan fingerprint density at radius 3 is 2.73 bits per heavy atom. The van der Waals surface area contributed by atoms with E-state index in [1.54, 1.807) is 43.6 Å². The van der Waals surface area contributed by atoms with Gasteiger partial charge in [-0.15, -0.1) is 0 Å². The van der Waals surface area contributed by atoms with Crippen molar-refractivity contribution in [2.24, 2.45) is 5.92 Å². The highest BCUT2D eigenvalue weighted by Gasteiger charge is 2.33. The molecule has 0 bridgehead atoms. The average molecular weight is 426 g/mol. The maximum absolute atomic E-state index is 12.9. The molecular weight excluding hydrogens is 402 g/mol. The van der Waals surface area contributed by atoms with E-state index in [1.165, 1.54) is 4.31 Å². The van der Waals surface area contributed by atoms with E-state index in [0.29, 0.717) is 30.8 Å². The number of piperidine rings is 1. The van der Waals surface area contributed by atoms with Gasteiger partial charge in [-0.25, -0.2) is 8.42 Å². The van der Waals surface area contributed by atoms with Crippen LogP contribution in [0, 0.1) is 5.92 Å². The molecule has 0 aliphatic carbocycles. The van der Waals surface area contributed by atoms with E-state index >= 15 is 0 Å². The predicted molar refractivity (Wildman–Crippen MR) is 115 cm³/mol. The quantitative estimate of drug-likeness (QED) is 0.678. The van der Waals surface area contributed by atoms with Crippen molar-refractivity contribution in [2.75, 3.05) is 25.5 Å². The van der Waals surface area contributed by atoms with Gasteiger partial charge in [0, 0.05) is 24.5 Å². The van der Waals surface area contributed by atoms with Gasteiger partial charge in [0.1, 0.15) is 5.75 Å². The van der Waals surface area contributed by atoms with E-state index in [1.807, 2.05) is 24.3 Å². The van der Waals surface area contributed by atoms with Crippen LogP contribution in [0.5, 0.6) is 5.75 Å². The number of ether oxygens (including phenoxy) is 1. The molecule has 1 amide bonds. The average Bonchev–Trinajstić information content (AvgIpc) is 2.79. The van der Waals surface area contributed by atoms with Crippen LogP contribution in [0.25, 0.3) is 10.9 Å². The highest BCUT2D eigenvalue weighted by Crippen LogP contribution is 2.26. The van der Waals surface area contributed by atoms with Gasteiger partial charge in [-0.1, -0.05) is 18.2 Å². The highest BCUT2D eigenvalue weighted by molar-refractivity contribution is 7.89. The number of pyridine rings is 1. The SMILES string of the molecule is COc1ccc2cc(NC(=O)C3CCCN(S(=O)(=O)c4ccccc4)C3)cnc2c1. The van der Waals surface area contributed by atoms with Gasteiger partial charge in [-0.3, -0.25) is 9.78 Å². The number of amides is 1. The smallest absolute Gasteiger partial charge is 0.243 e. The van der Waals surface area contributed by atoms with E-state index in [2.05, 4.69) is 10.3 Å². The largest absolute Gasteiger partial charge is 0.497 e. The molecule has 3 aromatic rings. The van der Waals surface area contributed by atoms with Crippen LogP contribution >= 0.6 is 0 Å². The summed E-state index contributed by atoms with van der Waals surface area (Å²) >= 11 is 0. The molecule has 0 spiro atoms. The normalized spacial score (nSPS) is 17.6. The fourth-order valence-corrected chi connectivity index (χ4v) is 5.20. The first-order valence-corrected chi connectivity index (χ1v) is 11.2. The number of fused-ring (bicyclic) bond motifs is 1. The minimum absolute atomic E-state index is 0.168. The Morgan fingerprint density at radius 1 is 1.17 bits per heavy atom. The van der Waals surface area contributed by atoms with Crippen molar-refractivity contribution in [3.05, 3.63) is 60.8 Å². The maximum atomic E-state index is 12.9. The third kappa shape index (κ3) is 4.15. The lowest BCUT2D eigenvalue weighted by Gasteiger charge is -2.31. The monoisotopic (exact) mass is 425 g/mol. The van der Waals surface area contributed by atoms with Gasteiger partial charge in [0.25, 0.3) is 0 Å². The topological polar surface area (TPSA) is 88.6 Å². The molecule has 0 saturated carbocycles. The molecule has 1 unspecified atom stereocenters. The number of carbonyl (C=O) groups excluding carboxylic acids is 1. The number of nitrogens with one attached hydrogen (secondary N) is 1. The molecule has 156 valence electrons. The second kappa shape index (κ2) is 8.41. The second-order valence-corrected chi connectivity index (χ2v) is 9.23. The third-order valence-corrected chi connectivity index (χ3v) is 7.17. The number of benzene rings is 2. The summed E-state index contributed by atoms with van der Waals surface area (Å²) in [5.41, 5.74) is 1.35. The Kier molecular flexibility index (Phi) is 5.69. The highest BCUT2D eigenvalue weighted by atomic mass is 32.2. The van der Waals surface area contributed by atoms with Crippen molar-refractivity contribution in [3.63, 3.8) is 0 Å². The van der Waals surface area contributed by atoms with Crippen LogP contribution in [-0.4, -0.2) is 43.8 Å². The van der Waals surface area contributed by atoms with Crippen molar-refractivity contribution in [1.82, 2.24) is 9.29 Å². The van der Waals surface area contributed by atoms with Gasteiger partial charge in [0.15, 0.2) is 0 Å². The Hall–Kier alpha value is -2.97. The summed E-state index contributed by atoms with van der Waals surface area (Å²) in [6.07, 6.45) is 2.88. The minimum atomic E-state index is -3.61. The first-order valence-electron chi connectivity index (χ1n) is 9.77. The van der Waals surface area contributed by atoms with E-state index < -0.39 is 15.9 Å². The number of anilines is 1. The summed E-state index contributed by atoms with van der Waals surface area (Å²) in [6.45, 7) is 0.585. The van der Waals surface area contributed by atoms with Crippen molar-refractivity contribution >= 4 is 32.5 Å². The molecule has 1 aliphatic heterocycles. The summed E-state index contributed by atoms with van der Waals surface area (Å²) < 4.78 is 32.4. The molecule has 1 saturated heterocycles. The number of rotatable bonds is 5. The lowest BCUT2D eigenvalue weighted by Crippen LogP contribution is -2.43. The van der Waals surface area contributed by atoms with Gasteiger partial charge >= 0.3 is 0 Å². The number of hydrogen-bond donors (Lipinski definition) is 1. The van der Waals surface area contributed by atoms with E-state index in [4.69, 9.17) is 4.74 Å². The maximum Gasteiger partial charge on any atom is 0.243 e. The van der Waals surface area contributed by atoms with Crippen LogP contribution in [0.3, 0.4) is 0 Å². The number of carbonyl (C=O) groups is 1. The van der Waals surface area contributed by atoms with Crippen LogP contribution in [0.4, 0.5) is 5.69 Å². The van der Waals surface area contributed by atoms with Crippen molar-refractivity contribution in [2.45, 2.75) is 17.7 Å². The van der Waals surface area contributed by atoms with Gasteiger partial charge in [0.2, 0.25) is 15.9 Å². The second-order valence-electron chi connectivity index (χ2n) is 7.29. The Labute approximate surface area is 175 Å². The molecule has 4 rings (SSSR count). The first-order chi connectivity index (χ1) is 14.5. The molecule has 2 aromatic carbocycles. The number of sulfonamides is 1. The summed E-state index contributed by atoms with van der Waals surface area (Å²) in [5, 5.41) is 3.77. The molecule has 0 radical (unpaired) electrons. The zero-order chi connectivity index (χ0) is 21.1. The zero-order valence-electron chi connectivity index (χ0n) is 16.6. The number of nitrogens with zero attached hydrogens (tertiary/aromatic N) is 2. The molecule has 1 aliphatic rings. The van der Waals surface area contributed by atoms with E-state index in [-0.39, 0.29) is 17.3 Å². The van der Waals surface area contributed by atoms with E-state index in [0.717, 1.165) is 10.9 Å². The third-order valence-electron chi connectivity index (χ3n) is 5.29. The first kappa shape index (κ1) is 20.3. The van der Waals surface area contributed by atoms with Crippen LogP contribution in [-0.2, 0) is 14.8 Å². The van der Waals surface area contributed by atoms with Gasteiger partial charge in [-0.2, -0.15) is 4.31 Å². The van der Waals surface area contributed by atoms with Gasteiger partial charge in [0.05, 0.1) is 35.3 Å². The van der Waals surface area contributed by atoms with Gasteiger partial charge in [-0.05, 0) is 43.2 Å². The molecule has 1 N–H and O–H groups in total. The summed E-state index contributed by atoms with van der Waals surface area (Å²) in [7, 11) is -2.01. The predicted octanol–water partition coefficient (Wildman–Crippen LogP) is 3.28. The van der Waals surface area contributed by atoms with Crippen LogP contribution in [0.15, 0.2) is 65.7 Å². The van der Waals surface area contributed by atoms with E-state index in [9.17, 15) is 13.2 Å². The Morgan fingerprint density at radius 2 is 1.97 bits per heavy atom. The van der Waals surface area contributed by atoms with Crippen LogP contribution < -0.4 is 10.1 Å². The minimum Gasteiger partial charge on any atom is -0.497 e.